The molecule has 1 N–H and O–H groups in total. The minimum Gasteiger partial charge on any atom is -0.352 e. The molecular weight excluding hydrogens is 312 g/mol. The van der Waals surface area contributed by atoms with Gasteiger partial charge in [0.25, 0.3) is 11.6 Å². The zero-order valence-electron chi connectivity index (χ0n) is 12.7. The minimum absolute atomic E-state index is 0.135. The van der Waals surface area contributed by atoms with E-state index in [0.29, 0.717) is 37.6 Å². The Hall–Kier alpha value is -3.41. The van der Waals surface area contributed by atoms with E-state index in [9.17, 15) is 14.9 Å². The lowest BCUT2D eigenvalue weighted by molar-refractivity contribution is -0.384. The Labute approximate surface area is 137 Å². The molecule has 0 saturated carbocycles. The molecule has 2 aromatic rings. The molecule has 1 amide bonds. The number of H-pyrrole nitrogens is 1. The largest absolute Gasteiger partial charge is 0.352 e. The number of carbonyl (C=O) groups excluding carboxylic acids is 1. The van der Waals surface area contributed by atoms with Crippen LogP contribution in [-0.4, -0.2) is 51.9 Å². The summed E-state index contributed by atoms with van der Waals surface area (Å²) in [6, 6.07) is 6.76. The number of pyridine rings is 1. The molecule has 2 aromatic heterocycles. The number of hydrogen-bond acceptors (Lipinski definition) is 6. The summed E-state index contributed by atoms with van der Waals surface area (Å²) in [4.78, 5) is 33.0. The number of nitriles is 1. The molecular formula is C15H14N6O3. The molecule has 0 aromatic carbocycles. The number of amides is 1. The Morgan fingerprint density at radius 3 is 2.75 bits per heavy atom. The Bertz CT molecular complexity index is 817. The zero-order chi connectivity index (χ0) is 17.1. The standard InChI is InChI=1S/C15H14N6O3/c16-9-11-2-1-3-17-14(11)19-4-6-20(7-5-19)15(22)13-8-12(10-18-13)21(23)24/h1-3,8,10,18H,4-7H2. The quantitative estimate of drug-likeness (QED) is 0.667. The van der Waals surface area contributed by atoms with Gasteiger partial charge in [-0.05, 0) is 12.1 Å². The molecule has 3 rings (SSSR count). The topological polar surface area (TPSA) is 119 Å². The second kappa shape index (κ2) is 6.37. The fourth-order valence-corrected chi connectivity index (χ4v) is 2.64. The van der Waals surface area contributed by atoms with Crippen molar-refractivity contribution in [2.75, 3.05) is 31.1 Å². The molecule has 0 unspecified atom stereocenters. The molecule has 24 heavy (non-hydrogen) atoms. The van der Waals surface area contributed by atoms with Gasteiger partial charge in [0, 0.05) is 38.4 Å². The van der Waals surface area contributed by atoms with Gasteiger partial charge in [-0.25, -0.2) is 4.98 Å². The van der Waals surface area contributed by atoms with E-state index in [1.807, 2.05) is 4.90 Å². The third-order valence-electron chi connectivity index (χ3n) is 3.88. The van der Waals surface area contributed by atoms with Gasteiger partial charge in [-0.3, -0.25) is 14.9 Å². The SMILES string of the molecule is N#Cc1cccnc1N1CCN(C(=O)c2cc([N+](=O)[O-])c[nH]2)CC1. The normalized spacial score (nSPS) is 14.3. The molecule has 122 valence electrons. The van der Waals surface area contributed by atoms with Crippen LogP contribution in [0.3, 0.4) is 0 Å². The van der Waals surface area contributed by atoms with Gasteiger partial charge in [0.2, 0.25) is 0 Å². The van der Waals surface area contributed by atoms with Crippen LogP contribution in [0.15, 0.2) is 30.6 Å². The van der Waals surface area contributed by atoms with E-state index in [1.54, 1.807) is 23.2 Å². The number of nitrogens with one attached hydrogen (secondary N) is 1. The number of carbonyl (C=O) groups is 1. The molecule has 0 spiro atoms. The van der Waals surface area contributed by atoms with Crippen molar-refractivity contribution in [2.45, 2.75) is 0 Å². The van der Waals surface area contributed by atoms with Crippen molar-refractivity contribution in [1.82, 2.24) is 14.9 Å². The summed E-state index contributed by atoms with van der Waals surface area (Å²) < 4.78 is 0. The monoisotopic (exact) mass is 326 g/mol. The second-order valence-corrected chi connectivity index (χ2v) is 5.29. The van der Waals surface area contributed by atoms with Crippen molar-refractivity contribution in [3.63, 3.8) is 0 Å². The number of rotatable bonds is 3. The number of piperazine rings is 1. The lowest BCUT2D eigenvalue weighted by Gasteiger charge is -2.35. The summed E-state index contributed by atoms with van der Waals surface area (Å²) in [7, 11) is 0. The summed E-state index contributed by atoms with van der Waals surface area (Å²) in [5.41, 5.74) is 0.562. The number of aromatic nitrogens is 2. The number of hydrogen-bond donors (Lipinski definition) is 1. The molecule has 0 atom stereocenters. The lowest BCUT2D eigenvalue weighted by atomic mass is 10.2. The van der Waals surface area contributed by atoms with Crippen LogP contribution in [0.2, 0.25) is 0 Å². The highest BCUT2D eigenvalue weighted by atomic mass is 16.6. The first-order valence-electron chi connectivity index (χ1n) is 7.32. The fourth-order valence-electron chi connectivity index (χ4n) is 2.64. The van der Waals surface area contributed by atoms with Gasteiger partial charge in [0.15, 0.2) is 0 Å². The molecule has 1 aliphatic heterocycles. The van der Waals surface area contributed by atoms with Crippen molar-refractivity contribution in [1.29, 1.82) is 5.26 Å². The zero-order valence-corrected chi connectivity index (χ0v) is 12.7. The highest BCUT2D eigenvalue weighted by Crippen LogP contribution is 2.19. The van der Waals surface area contributed by atoms with Crippen molar-refractivity contribution in [3.05, 3.63) is 52.0 Å². The summed E-state index contributed by atoms with van der Waals surface area (Å²) in [6.07, 6.45) is 2.84. The van der Waals surface area contributed by atoms with Gasteiger partial charge >= 0.3 is 0 Å². The van der Waals surface area contributed by atoms with Gasteiger partial charge in [0.05, 0.1) is 16.7 Å². The summed E-state index contributed by atoms with van der Waals surface area (Å²) >= 11 is 0. The number of aromatic amines is 1. The molecule has 1 fully saturated rings. The molecule has 1 aliphatic rings. The van der Waals surface area contributed by atoms with Crippen LogP contribution < -0.4 is 4.90 Å². The maximum absolute atomic E-state index is 12.4. The maximum atomic E-state index is 12.4. The Morgan fingerprint density at radius 2 is 2.12 bits per heavy atom. The van der Waals surface area contributed by atoms with Crippen LogP contribution in [0.25, 0.3) is 0 Å². The molecule has 9 nitrogen and oxygen atoms in total. The first kappa shape index (κ1) is 15.5. The van der Waals surface area contributed by atoms with Crippen molar-refractivity contribution >= 4 is 17.4 Å². The Balaban J connectivity index is 1.67. The van der Waals surface area contributed by atoms with Gasteiger partial charge in [-0.2, -0.15) is 5.26 Å². The summed E-state index contributed by atoms with van der Waals surface area (Å²) in [5.74, 6) is 0.340. The van der Waals surface area contributed by atoms with E-state index in [0.717, 1.165) is 0 Å². The fraction of sp³-hybridized carbons (Fsp3) is 0.267. The first-order valence-corrected chi connectivity index (χ1v) is 7.32. The van der Waals surface area contributed by atoms with Gasteiger partial charge in [-0.15, -0.1) is 0 Å². The maximum Gasteiger partial charge on any atom is 0.287 e. The number of nitrogens with zero attached hydrogens (tertiary/aromatic N) is 5. The van der Waals surface area contributed by atoms with Crippen molar-refractivity contribution < 1.29 is 9.72 Å². The van der Waals surface area contributed by atoms with Crippen LogP contribution in [0.1, 0.15) is 16.1 Å². The Kier molecular flexibility index (Phi) is 4.11. The average Bonchev–Trinajstić information content (AvgIpc) is 3.11. The highest BCUT2D eigenvalue weighted by molar-refractivity contribution is 5.93. The van der Waals surface area contributed by atoms with Gasteiger partial charge in [0.1, 0.15) is 17.6 Å². The number of anilines is 1. The average molecular weight is 326 g/mol. The molecule has 9 heteroatoms. The predicted octanol–water partition coefficient (Wildman–Crippen LogP) is 1.15. The molecule has 0 aliphatic carbocycles. The smallest absolute Gasteiger partial charge is 0.287 e. The van der Waals surface area contributed by atoms with Crippen molar-refractivity contribution in [2.24, 2.45) is 0 Å². The first-order chi connectivity index (χ1) is 11.6. The van der Waals surface area contributed by atoms with Crippen LogP contribution >= 0.6 is 0 Å². The minimum atomic E-state index is -0.546. The van der Waals surface area contributed by atoms with E-state index < -0.39 is 4.92 Å². The molecule has 1 saturated heterocycles. The van der Waals surface area contributed by atoms with E-state index in [2.05, 4.69) is 16.0 Å². The van der Waals surface area contributed by atoms with E-state index in [1.165, 1.54) is 12.3 Å². The van der Waals surface area contributed by atoms with Crippen molar-refractivity contribution in [3.8, 4) is 6.07 Å². The van der Waals surface area contributed by atoms with E-state index in [4.69, 9.17) is 5.26 Å². The third kappa shape index (κ3) is 2.89. The van der Waals surface area contributed by atoms with E-state index >= 15 is 0 Å². The van der Waals surface area contributed by atoms with Crippen LogP contribution in [0, 0.1) is 21.4 Å². The summed E-state index contributed by atoms with van der Waals surface area (Å²) in [5, 5.41) is 19.8. The van der Waals surface area contributed by atoms with Gasteiger partial charge < -0.3 is 14.8 Å². The second-order valence-electron chi connectivity index (χ2n) is 5.29. The van der Waals surface area contributed by atoms with Crippen LogP contribution in [0.4, 0.5) is 11.5 Å². The molecule has 0 radical (unpaired) electrons. The Morgan fingerprint density at radius 1 is 1.38 bits per heavy atom. The van der Waals surface area contributed by atoms with E-state index in [-0.39, 0.29) is 17.3 Å². The van der Waals surface area contributed by atoms with Gasteiger partial charge in [-0.1, -0.05) is 0 Å². The predicted molar refractivity (Wildman–Crippen MR) is 84.5 cm³/mol. The number of nitro groups is 1. The molecule has 3 heterocycles. The molecule has 0 bridgehead atoms. The summed E-state index contributed by atoms with van der Waals surface area (Å²) in [6.45, 7) is 1.99. The lowest BCUT2D eigenvalue weighted by Crippen LogP contribution is -2.49. The van der Waals surface area contributed by atoms with Crippen LogP contribution in [0.5, 0.6) is 0 Å². The van der Waals surface area contributed by atoms with Crippen LogP contribution in [-0.2, 0) is 0 Å². The highest BCUT2D eigenvalue weighted by Gasteiger charge is 2.25. The third-order valence-corrected chi connectivity index (χ3v) is 3.88.